The fourth-order valence-corrected chi connectivity index (χ4v) is 4.36. The van der Waals surface area contributed by atoms with Gasteiger partial charge in [0.25, 0.3) is 0 Å². The van der Waals surface area contributed by atoms with Crippen molar-refractivity contribution in [2.75, 3.05) is 20.8 Å². The van der Waals surface area contributed by atoms with Crippen LogP contribution in [-0.4, -0.2) is 43.6 Å². The zero-order valence-corrected chi connectivity index (χ0v) is 18.9. The molecule has 1 heterocycles. The van der Waals surface area contributed by atoms with Gasteiger partial charge in [-0.05, 0) is 62.1 Å². The topological polar surface area (TPSA) is 61.8 Å². The maximum atomic E-state index is 13.9. The quantitative estimate of drug-likeness (QED) is 0.634. The number of ketones is 2. The van der Waals surface area contributed by atoms with E-state index in [0.717, 1.165) is 11.1 Å². The molecule has 0 saturated carbocycles. The molecule has 0 bridgehead atoms. The van der Waals surface area contributed by atoms with E-state index in [2.05, 4.69) is 0 Å². The molecule has 2 aromatic carbocycles. The van der Waals surface area contributed by atoms with Crippen molar-refractivity contribution in [3.8, 4) is 16.9 Å². The Kier molecular flexibility index (Phi) is 6.35. The molecule has 1 aliphatic heterocycles. The van der Waals surface area contributed by atoms with Gasteiger partial charge in [-0.1, -0.05) is 25.1 Å². The summed E-state index contributed by atoms with van der Waals surface area (Å²) < 4.78 is 30.4. The first-order valence-electron chi connectivity index (χ1n) is 10.3. The number of benzene rings is 2. The van der Waals surface area contributed by atoms with E-state index in [0.29, 0.717) is 23.3 Å². The molecular weight excluding hydrogens is 399 g/mol. The van der Waals surface area contributed by atoms with Crippen LogP contribution in [0.5, 0.6) is 5.75 Å². The minimum Gasteiger partial charge on any atom is -0.496 e. The summed E-state index contributed by atoms with van der Waals surface area (Å²) in [7, 11) is 3.03. The van der Waals surface area contributed by atoms with Crippen LogP contribution in [-0.2, 0) is 25.5 Å². The number of halogens is 1. The van der Waals surface area contributed by atoms with Crippen molar-refractivity contribution >= 4 is 11.6 Å². The van der Waals surface area contributed by atoms with Crippen LogP contribution >= 0.6 is 0 Å². The van der Waals surface area contributed by atoms with Gasteiger partial charge in [-0.3, -0.25) is 9.59 Å². The normalized spacial score (nSPS) is 23.1. The number of rotatable bonds is 6. The summed E-state index contributed by atoms with van der Waals surface area (Å²) in [5.74, 6) is -1.38. The summed E-state index contributed by atoms with van der Waals surface area (Å²) >= 11 is 0. The highest BCUT2D eigenvalue weighted by Gasteiger charge is 2.55. The molecule has 2 atom stereocenters. The standard InChI is InChI=1S/C25H29FO5/c1-7-15-12-16(19-13-17(26)9-11-20(19)30-6)8-10-18(15)21-22(27)24(2,3)31-25(4,14-29-5)23(21)28/h8-13,21H,7,14H2,1-6H3. The highest BCUT2D eigenvalue weighted by Crippen LogP contribution is 2.41. The number of Topliss-reactive ketones (excluding diaryl/α,β-unsaturated/α-hetero) is 2. The van der Waals surface area contributed by atoms with Crippen LogP contribution in [0.4, 0.5) is 4.39 Å². The Hall–Kier alpha value is -2.57. The number of ether oxygens (including phenoxy) is 3. The highest BCUT2D eigenvalue weighted by molar-refractivity contribution is 6.15. The lowest BCUT2D eigenvalue weighted by Crippen LogP contribution is -2.61. The van der Waals surface area contributed by atoms with Gasteiger partial charge < -0.3 is 14.2 Å². The number of carbonyl (C=O) groups excluding carboxylic acids is 2. The Morgan fingerprint density at radius 2 is 1.74 bits per heavy atom. The first kappa shape index (κ1) is 23.1. The van der Waals surface area contributed by atoms with Gasteiger partial charge in [-0.2, -0.15) is 0 Å². The van der Waals surface area contributed by atoms with Crippen LogP contribution in [0.3, 0.4) is 0 Å². The predicted octanol–water partition coefficient (Wildman–Crippen LogP) is 4.50. The fourth-order valence-electron chi connectivity index (χ4n) is 4.36. The summed E-state index contributed by atoms with van der Waals surface area (Å²) in [5, 5.41) is 0. The lowest BCUT2D eigenvalue weighted by Gasteiger charge is -2.44. The summed E-state index contributed by atoms with van der Waals surface area (Å²) in [6.45, 7) is 7.04. The van der Waals surface area contributed by atoms with E-state index < -0.39 is 17.1 Å². The van der Waals surface area contributed by atoms with Crippen LogP contribution < -0.4 is 4.74 Å². The lowest BCUT2D eigenvalue weighted by atomic mass is 9.73. The summed E-state index contributed by atoms with van der Waals surface area (Å²) in [4.78, 5) is 26.7. The molecule has 1 fully saturated rings. The molecule has 0 aromatic heterocycles. The molecule has 3 rings (SSSR count). The zero-order valence-electron chi connectivity index (χ0n) is 18.9. The summed E-state index contributed by atoms with van der Waals surface area (Å²) in [5.41, 5.74) is 0.484. The predicted molar refractivity (Wildman–Crippen MR) is 116 cm³/mol. The van der Waals surface area contributed by atoms with Crippen molar-refractivity contribution in [3.05, 3.63) is 53.3 Å². The third kappa shape index (κ3) is 4.14. The third-order valence-corrected chi connectivity index (χ3v) is 5.85. The Labute approximate surface area is 182 Å². The molecule has 0 aliphatic carbocycles. The van der Waals surface area contributed by atoms with Gasteiger partial charge in [0, 0.05) is 12.7 Å². The van der Waals surface area contributed by atoms with E-state index in [4.69, 9.17) is 14.2 Å². The number of hydrogen-bond acceptors (Lipinski definition) is 5. The Morgan fingerprint density at radius 3 is 2.35 bits per heavy atom. The van der Waals surface area contributed by atoms with Gasteiger partial charge in [0.15, 0.2) is 11.6 Å². The molecule has 2 unspecified atom stereocenters. The molecule has 6 heteroatoms. The minimum absolute atomic E-state index is 0.0546. The number of aryl methyl sites for hydroxylation is 1. The van der Waals surface area contributed by atoms with E-state index >= 15 is 0 Å². The third-order valence-electron chi connectivity index (χ3n) is 5.85. The molecule has 166 valence electrons. The summed E-state index contributed by atoms with van der Waals surface area (Å²) in [6.07, 6.45) is 0.597. The Balaban J connectivity index is 2.13. The van der Waals surface area contributed by atoms with Gasteiger partial charge in [0.2, 0.25) is 0 Å². The van der Waals surface area contributed by atoms with Crippen molar-refractivity contribution < 1.29 is 28.2 Å². The second-order valence-corrected chi connectivity index (χ2v) is 8.55. The van der Waals surface area contributed by atoms with E-state index in [1.807, 2.05) is 13.0 Å². The molecule has 0 amide bonds. The van der Waals surface area contributed by atoms with Gasteiger partial charge >= 0.3 is 0 Å². The van der Waals surface area contributed by atoms with Crippen LogP contribution in [0.1, 0.15) is 44.7 Å². The average molecular weight is 429 g/mol. The first-order chi connectivity index (χ1) is 14.6. The van der Waals surface area contributed by atoms with Gasteiger partial charge in [-0.25, -0.2) is 4.39 Å². The van der Waals surface area contributed by atoms with Gasteiger partial charge in [0.1, 0.15) is 28.7 Å². The van der Waals surface area contributed by atoms with E-state index in [1.165, 1.54) is 26.4 Å². The van der Waals surface area contributed by atoms with Crippen LogP contribution in [0.25, 0.3) is 11.1 Å². The molecule has 0 radical (unpaired) electrons. The molecule has 31 heavy (non-hydrogen) atoms. The van der Waals surface area contributed by atoms with Crippen molar-refractivity contribution in [1.82, 2.24) is 0 Å². The van der Waals surface area contributed by atoms with Crippen LogP contribution in [0.15, 0.2) is 36.4 Å². The molecule has 5 nitrogen and oxygen atoms in total. The highest BCUT2D eigenvalue weighted by atomic mass is 19.1. The maximum absolute atomic E-state index is 13.9. The molecular formula is C25H29FO5. The number of hydrogen-bond donors (Lipinski definition) is 0. The molecule has 0 spiro atoms. The second kappa shape index (κ2) is 8.52. The van der Waals surface area contributed by atoms with E-state index in [1.54, 1.807) is 39.0 Å². The largest absolute Gasteiger partial charge is 0.496 e. The van der Waals surface area contributed by atoms with E-state index in [-0.39, 0.29) is 24.0 Å². The molecule has 1 saturated heterocycles. The number of carbonyl (C=O) groups is 2. The maximum Gasteiger partial charge on any atom is 0.181 e. The number of methoxy groups -OCH3 is 2. The van der Waals surface area contributed by atoms with Gasteiger partial charge in [0.05, 0.1) is 13.7 Å². The SMILES string of the molecule is CCc1cc(-c2cc(F)ccc2OC)ccc1C1C(=O)C(C)(C)OC(C)(COC)C1=O. The molecule has 1 aliphatic rings. The van der Waals surface area contributed by atoms with Crippen molar-refractivity contribution in [1.29, 1.82) is 0 Å². The van der Waals surface area contributed by atoms with Gasteiger partial charge in [-0.15, -0.1) is 0 Å². The smallest absolute Gasteiger partial charge is 0.181 e. The summed E-state index contributed by atoms with van der Waals surface area (Å²) in [6, 6.07) is 9.81. The van der Waals surface area contributed by atoms with Crippen LogP contribution in [0.2, 0.25) is 0 Å². The Bertz CT molecular complexity index is 1010. The van der Waals surface area contributed by atoms with Crippen molar-refractivity contribution in [2.24, 2.45) is 0 Å². The molecule has 2 aromatic rings. The van der Waals surface area contributed by atoms with Crippen LogP contribution in [0, 0.1) is 5.82 Å². The first-order valence-corrected chi connectivity index (χ1v) is 10.3. The fraction of sp³-hybridized carbons (Fsp3) is 0.440. The molecule has 0 N–H and O–H groups in total. The van der Waals surface area contributed by atoms with E-state index in [9.17, 15) is 14.0 Å². The monoisotopic (exact) mass is 428 g/mol. The van der Waals surface area contributed by atoms with Crippen molar-refractivity contribution in [2.45, 2.75) is 51.2 Å². The average Bonchev–Trinajstić information content (AvgIpc) is 2.72. The Morgan fingerprint density at radius 1 is 1.03 bits per heavy atom. The van der Waals surface area contributed by atoms with Crippen molar-refractivity contribution in [3.63, 3.8) is 0 Å². The lowest BCUT2D eigenvalue weighted by molar-refractivity contribution is -0.195. The zero-order chi connectivity index (χ0) is 23.0. The minimum atomic E-state index is -1.23. The second-order valence-electron chi connectivity index (χ2n) is 8.55.